The molecule has 0 saturated carbocycles. The van der Waals surface area contributed by atoms with E-state index in [0.717, 1.165) is 24.2 Å². The fraction of sp³-hybridized carbons (Fsp3) is 0.208. The first-order chi connectivity index (χ1) is 15.9. The van der Waals surface area contributed by atoms with Gasteiger partial charge in [-0.1, -0.05) is 30.4 Å². The first kappa shape index (κ1) is 22.6. The number of nitrogens with zero attached hydrogens (tertiary/aromatic N) is 2. The first-order valence-electron chi connectivity index (χ1n) is 10.7. The highest BCUT2D eigenvalue weighted by molar-refractivity contribution is 7.92. The summed E-state index contributed by atoms with van der Waals surface area (Å²) in [5.74, 6) is 0.445. The highest BCUT2D eigenvalue weighted by Crippen LogP contribution is 2.24. The Balaban J connectivity index is 1.40. The third kappa shape index (κ3) is 5.63. The van der Waals surface area contributed by atoms with Crippen molar-refractivity contribution in [3.8, 4) is 0 Å². The number of aromatic nitrogens is 2. The van der Waals surface area contributed by atoms with Crippen LogP contribution >= 0.6 is 0 Å². The van der Waals surface area contributed by atoms with Crippen molar-refractivity contribution in [2.75, 3.05) is 18.4 Å². The van der Waals surface area contributed by atoms with Crippen LogP contribution in [0.3, 0.4) is 0 Å². The van der Waals surface area contributed by atoms with E-state index in [0.29, 0.717) is 34.9 Å². The second kappa shape index (κ2) is 9.93. The summed E-state index contributed by atoms with van der Waals surface area (Å²) in [7, 11) is -3.32. The summed E-state index contributed by atoms with van der Waals surface area (Å²) < 4.78 is 25.6. The molecule has 1 aromatic heterocycles. The van der Waals surface area contributed by atoms with Crippen molar-refractivity contribution in [3.63, 3.8) is 0 Å². The summed E-state index contributed by atoms with van der Waals surface area (Å²) in [6.07, 6.45) is 8.44. The van der Waals surface area contributed by atoms with Crippen LogP contribution in [0.1, 0.15) is 29.5 Å². The van der Waals surface area contributed by atoms with Crippen molar-refractivity contribution in [1.29, 1.82) is 5.41 Å². The van der Waals surface area contributed by atoms with Crippen molar-refractivity contribution in [1.82, 2.24) is 15.3 Å². The van der Waals surface area contributed by atoms with Gasteiger partial charge in [-0.15, -0.1) is 0 Å². The molecule has 1 saturated heterocycles. The number of anilines is 2. The molecule has 170 valence electrons. The molecule has 0 spiro atoms. The van der Waals surface area contributed by atoms with Crippen molar-refractivity contribution in [2.45, 2.75) is 23.0 Å². The van der Waals surface area contributed by atoms with Crippen LogP contribution in [-0.4, -0.2) is 42.6 Å². The molecule has 0 bridgehead atoms. The molecule has 4 rings (SSSR count). The molecule has 1 aliphatic rings. The maximum absolute atomic E-state index is 12.8. The van der Waals surface area contributed by atoms with Gasteiger partial charge >= 0.3 is 0 Å². The zero-order valence-electron chi connectivity index (χ0n) is 18.0. The first-order valence-corrected chi connectivity index (χ1v) is 12.2. The molecule has 0 unspecified atom stereocenters. The van der Waals surface area contributed by atoms with Crippen molar-refractivity contribution in [3.05, 3.63) is 77.6 Å². The smallest absolute Gasteiger partial charge is 0.227 e. The van der Waals surface area contributed by atoms with E-state index >= 15 is 0 Å². The molecule has 1 fully saturated rings. The van der Waals surface area contributed by atoms with E-state index < -0.39 is 9.84 Å². The van der Waals surface area contributed by atoms with E-state index in [1.54, 1.807) is 42.7 Å². The van der Waals surface area contributed by atoms with Crippen LogP contribution in [0.5, 0.6) is 0 Å². The summed E-state index contributed by atoms with van der Waals surface area (Å²) in [5, 5.41) is 13.5. The number of hydrogen-bond acceptors (Lipinski definition) is 7. The van der Waals surface area contributed by atoms with Gasteiger partial charge in [-0.2, -0.15) is 0 Å². The molecule has 1 aliphatic heterocycles. The molecular formula is C24H26N6O2S. The molecule has 2 heterocycles. The van der Waals surface area contributed by atoms with Crippen molar-refractivity contribution in [2.24, 2.45) is 5.73 Å². The normalized spacial score (nSPS) is 14.9. The lowest BCUT2D eigenvalue weighted by Gasteiger charge is -2.22. The molecule has 0 atom stereocenters. The lowest BCUT2D eigenvalue weighted by atomic mass is 10.1. The van der Waals surface area contributed by atoms with Crippen LogP contribution in [0.15, 0.2) is 65.8 Å². The maximum Gasteiger partial charge on any atom is 0.227 e. The van der Waals surface area contributed by atoms with Gasteiger partial charge in [0.2, 0.25) is 5.95 Å². The lowest BCUT2D eigenvalue weighted by Crippen LogP contribution is -2.35. The summed E-state index contributed by atoms with van der Waals surface area (Å²) in [5.41, 5.74) is 8.65. The molecule has 8 nitrogen and oxygen atoms in total. The number of rotatable bonds is 7. The number of nitrogens with one attached hydrogen (secondary N) is 3. The second-order valence-corrected chi connectivity index (χ2v) is 10.1. The predicted octanol–water partition coefficient (Wildman–Crippen LogP) is 3.20. The Kier molecular flexibility index (Phi) is 6.81. The predicted molar refractivity (Wildman–Crippen MR) is 131 cm³/mol. The van der Waals surface area contributed by atoms with Gasteiger partial charge in [0.15, 0.2) is 9.84 Å². The number of nitrogen functional groups attached to an aromatic ring is 1. The second-order valence-electron chi connectivity index (χ2n) is 7.86. The summed E-state index contributed by atoms with van der Waals surface area (Å²) in [6, 6.07) is 14.1. The van der Waals surface area contributed by atoms with Gasteiger partial charge in [-0.05, 0) is 61.8 Å². The van der Waals surface area contributed by atoms with Gasteiger partial charge in [-0.25, -0.2) is 18.4 Å². The Morgan fingerprint density at radius 2 is 1.70 bits per heavy atom. The highest BCUT2D eigenvalue weighted by atomic mass is 32.2. The highest BCUT2D eigenvalue weighted by Gasteiger charge is 2.28. The Labute approximate surface area is 193 Å². The van der Waals surface area contributed by atoms with E-state index in [1.165, 1.54) is 0 Å². The minimum atomic E-state index is -3.32. The van der Waals surface area contributed by atoms with E-state index in [1.807, 2.05) is 30.4 Å². The SMILES string of the molecule is N=C(N)c1cccc(C=Cc2cnc(Nc3ccc(S(=O)(=O)C4CCNCC4)cc3)nc2)c1. The number of sulfone groups is 1. The van der Waals surface area contributed by atoms with Crippen molar-refractivity contribution >= 4 is 39.5 Å². The quantitative estimate of drug-likeness (QED) is 0.313. The third-order valence-corrected chi connectivity index (χ3v) is 7.78. The van der Waals surface area contributed by atoms with Gasteiger partial charge in [0.1, 0.15) is 5.84 Å². The van der Waals surface area contributed by atoms with Crippen LogP contribution in [0.25, 0.3) is 12.2 Å². The molecule has 9 heteroatoms. The standard InChI is InChI=1S/C24H26N6O2S/c25-23(26)19-3-1-2-17(14-19)4-5-18-15-28-24(29-16-18)30-20-6-8-21(9-7-20)33(31,32)22-10-12-27-13-11-22/h1-9,14-16,22,27H,10-13H2,(H3,25,26)(H,28,29,30). The zero-order chi connectivity index (χ0) is 23.3. The number of hydrogen-bond donors (Lipinski definition) is 4. The van der Waals surface area contributed by atoms with Gasteiger partial charge < -0.3 is 16.4 Å². The van der Waals surface area contributed by atoms with Crippen LogP contribution in [-0.2, 0) is 9.84 Å². The average molecular weight is 463 g/mol. The number of piperidine rings is 1. The van der Waals surface area contributed by atoms with E-state index in [-0.39, 0.29) is 11.1 Å². The fourth-order valence-electron chi connectivity index (χ4n) is 3.65. The Morgan fingerprint density at radius 3 is 2.36 bits per heavy atom. The minimum Gasteiger partial charge on any atom is -0.384 e. The molecule has 33 heavy (non-hydrogen) atoms. The monoisotopic (exact) mass is 462 g/mol. The summed E-state index contributed by atoms with van der Waals surface area (Å²) >= 11 is 0. The summed E-state index contributed by atoms with van der Waals surface area (Å²) in [6.45, 7) is 1.47. The van der Waals surface area contributed by atoms with Crippen LogP contribution in [0, 0.1) is 5.41 Å². The largest absolute Gasteiger partial charge is 0.384 e. The molecule has 5 N–H and O–H groups in total. The average Bonchev–Trinajstić information content (AvgIpc) is 2.85. The van der Waals surface area contributed by atoms with Gasteiger partial charge in [0.25, 0.3) is 0 Å². The molecule has 2 aromatic carbocycles. The summed E-state index contributed by atoms with van der Waals surface area (Å²) in [4.78, 5) is 8.99. The lowest BCUT2D eigenvalue weighted by molar-refractivity contribution is 0.496. The van der Waals surface area contributed by atoms with Gasteiger partial charge in [0, 0.05) is 29.2 Å². The number of benzene rings is 2. The molecular weight excluding hydrogens is 436 g/mol. The third-order valence-electron chi connectivity index (χ3n) is 5.50. The van der Waals surface area contributed by atoms with Crippen molar-refractivity contribution < 1.29 is 8.42 Å². The molecule has 0 aliphatic carbocycles. The molecule has 0 amide bonds. The van der Waals surface area contributed by atoms with E-state index in [4.69, 9.17) is 11.1 Å². The topological polar surface area (TPSA) is 134 Å². The van der Waals surface area contributed by atoms with Gasteiger partial charge in [-0.3, -0.25) is 5.41 Å². The number of amidine groups is 1. The van der Waals surface area contributed by atoms with Crippen LogP contribution in [0.2, 0.25) is 0 Å². The van der Waals surface area contributed by atoms with Crippen LogP contribution < -0.4 is 16.4 Å². The zero-order valence-corrected chi connectivity index (χ0v) is 18.8. The maximum atomic E-state index is 12.8. The minimum absolute atomic E-state index is 0.0286. The fourth-order valence-corrected chi connectivity index (χ4v) is 5.40. The Bertz CT molecular complexity index is 1250. The van der Waals surface area contributed by atoms with E-state index in [2.05, 4.69) is 20.6 Å². The number of nitrogens with two attached hydrogens (primary N) is 1. The Morgan fingerprint density at radius 1 is 1.03 bits per heavy atom. The van der Waals surface area contributed by atoms with Crippen LogP contribution in [0.4, 0.5) is 11.6 Å². The Hall–Kier alpha value is -3.56. The molecule has 3 aromatic rings. The molecule has 0 radical (unpaired) electrons. The van der Waals surface area contributed by atoms with E-state index in [9.17, 15) is 8.42 Å². The van der Waals surface area contributed by atoms with Gasteiger partial charge in [0.05, 0.1) is 10.1 Å².